The second kappa shape index (κ2) is 7.66. The predicted molar refractivity (Wildman–Crippen MR) is 112 cm³/mol. The first kappa shape index (κ1) is 19.1. The molecule has 1 amide bonds. The Morgan fingerprint density at radius 1 is 1.03 bits per heavy atom. The van der Waals surface area contributed by atoms with Crippen LogP contribution < -0.4 is 0 Å². The van der Waals surface area contributed by atoms with E-state index in [1.807, 2.05) is 49.4 Å². The maximum Gasteiger partial charge on any atom is 0.341 e. The van der Waals surface area contributed by atoms with Crippen LogP contribution in [-0.4, -0.2) is 34.4 Å². The first-order valence-corrected chi connectivity index (χ1v) is 9.88. The molecule has 2 heterocycles. The lowest BCUT2D eigenvalue weighted by molar-refractivity contribution is -0.140. The Hall–Kier alpha value is -3.21. The highest BCUT2D eigenvalue weighted by Crippen LogP contribution is 2.24. The van der Waals surface area contributed by atoms with Gasteiger partial charge in [-0.25, -0.2) is 4.79 Å². The zero-order valence-electron chi connectivity index (χ0n) is 16.9. The summed E-state index contributed by atoms with van der Waals surface area (Å²) in [6.07, 6.45) is -0.0342. The molecule has 148 valence electrons. The normalized spacial score (nSPS) is 14.4. The van der Waals surface area contributed by atoms with Gasteiger partial charge in [0.15, 0.2) is 6.10 Å². The number of fused-ring (bicyclic) bond motifs is 2. The number of rotatable bonds is 3. The minimum atomic E-state index is -0.849. The van der Waals surface area contributed by atoms with Gasteiger partial charge in [-0.1, -0.05) is 42.5 Å². The van der Waals surface area contributed by atoms with Crippen molar-refractivity contribution in [2.45, 2.75) is 39.8 Å². The lowest BCUT2D eigenvalue weighted by Crippen LogP contribution is -2.42. The Kier molecular flexibility index (Phi) is 5.05. The Labute approximate surface area is 170 Å². The fourth-order valence-electron chi connectivity index (χ4n) is 4.04. The zero-order chi connectivity index (χ0) is 20.5. The molecule has 0 spiro atoms. The highest BCUT2D eigenvalue weighted by Gasteiger charge is 2.28. The van der Waals surface area contributed by atoms with Crippen LogP contribution in [-0.2, 0) is 22.5 Å². The van der Waals surface area contributed by atoms with Crippen LogP contribution in [0, 0.1) is 13.8 Å². The van der Waals surface area contributed by atoms with Crippen molar-refractivity contribution in [3.63, 3.8) is 0 Å². The second-order valence-corrected chi connectivity index (χ2v) is 7.54. The molecule has 0 bridgehead atoms. The molecule has 1 atom stereocenters. The second-order valence-electron chi connectivity index (χ2n) is 7.54. The number of carbonyl (C=O) groups excluding carboxylic acids is 2. The van der Waals surface area contributed by atoms with E-state index in [1.165, 1.54) is 5.56 Å². The Bertz CT molecular complexity index is 1110. The van der Waals surface area contributed by atoms with E-state index in [4.69, 9.17) is 4.74 Å². The third kappa shape index (κ3) is 3.60. The van der Waals surface area contributed by atoms with E-state index in [0.717, 1.165) is 28.5 Å². The fourth-order valence-corrected chi connectivity index (χ4v) is 4.04. The third-order valence-electron chi connectivity index (χ3n) is 5.61. The topological polar surface area (TPSA) is 59.5 Å². The number of aromatic nitrogens is 1. The van der Waals surface area contributed by atoms with Crippen LogP contribution in [0.1, 0.15) is 39.7 Å². The van der Waals surface area contributed by atoms with Gasteiger partial charge in [-0.2, -0.15) is 0 Å². The van der Waals surface area contributed by atoms with Gasteiger partial charge in [-0.3, -0.25) is 9.78 Å². The Balaban J connectivity index is 1.52. The molecule has 0 saturated carbocycles. The zero-order valence-corrected chi connectivity index (χ0v) is 16.9. The van der Waals surface area contributed by atoms with E-state index < -0.39 is 12.1 Å². The van der Waals surface area contributed by atoms with Gasteiger partial charge in [0.05, 0.1) is 16.8 Å². The Morgan fingerprint density at radius 2 is 1.72 bits per heavy atom. The highest BCUT2D eigenvalue weighted by molar-refractivity contribution is 5.99. The molecule has 1 aromatic heterocycles. The maximum atomic E-state index is 12.9. The first-order valence-electron chi connectivity index (χ1n) is 9.88. The number of aryl methyl sites for hydroxylation is 2. The molecule has 0 radical (unpaired) electrons. The van der Waals surface area contributed by atoms with Crippen molar-refractivity contribution in [2.75, 3.05) is 6.54 Å². The van der Waals surface area contributed by atoms with Crippen molar-refractivity contribution in [2.24, 2.45) is 0 Å². The SMILES string of the molecule is Cc1nc2ccccc2c(C)c1C(=O)O[C@@H](C)C(=O)N1CCc2ccccc2C1. The summed E-state index contributed by atoms with van der Waals surface area (Å²) < 4.78 is 5.58. The number of esters is 1. The number of benzene rings is 2. The van der Waals surface area contributed by atoms with Gasteiger partial charge in [-0.05, 0) is 49.9 Å². The molecule has 1 aliphatic heterocycles. The minimum absolute atomic E-state index is 0.170. The van der Waals surface area contributed by atoms with Crippen molar-refractivity contribution in [1.82, 2.24) is 9.88 Å². The van der Waals surface area contributed by atoms with E-state index in [0.29, 0.717) is 24.3 Å². The van der Waals surface area contributed by atoms with Gasteiger partial charge in [0, 0.05) is 18.5 Å². The quantitative estimate of drug-likeness (QED) is 0.637. The molecule has 5 nitrogen and oxygen atoms in total. The van der Waals surface area contributed by atoms with Gasteiger partial charge in [0.2, 0.25) is 0 Å². The molecule has 0 fully saturated rings. The van der Waals surface area contributed by atoms with Crippen molar-refractivity contribution in [1.29, 1.82) is 0 Å². The van der Waals surface area contributed by atoms with Crippen molar-refractivity contribution in [3.05, 3.63) is 76.5 Å². The number of carbonyl (C=O) groups is 2. The molecule has 0 unspecified atom stereocenters. The number of nitrogens with zero attached hydrogens (tertiary/aromatic N) is 2. The van der Waals surface area contributed by atoms with Gasteiger partial charge in [0.25, 0.3) is 5.91 Å². The molecular formula is C24H24N2O3. The first-order chi connectivity index (χ1) is 14.0. The van der Waals surface area contributed by atoms with Crippen molar-refractivity contribution < 1.29 is 14.3 Å². The van der Waals surface area contributed by atoms with E-state index in [2.05, 4.69) is 11.1 Å². The highest BCUT2D eigenvalue weighted by atomic mass is 16.5. The van der Waals surface area contributed by atoms with Crippen LogP contribution in [0.2, 0.25) is 0 Å². The molecule has 0 N–H and O–H groups in total. The summed E-state index contributed by atoms with van der Waals surface area (Å²) in [5.74, 6) is -0.673. The smallest absolute Gasteiger partial charge is 0.341 e. The minimum Gasteiger partial charge on any atom is -0.449 e. The van der Waals surface area contributed by atoms with E-state index in [1.54, 1.807) is 18.7 Å². The van der Waals surface area contributed by atoms with Crippen LogP contribution in [0.4, 0.5) is 0 Å². The van der Waals surface area contributed by atoms with E-state index in [9.17, 15) is 9.59 Å². The van der Waals surface area contributed by atoms with E-state index >= 15 is 0 Å². The molecular weight excluding hydrogens is 364 g/mol. The maximum absolute atomic E-state index is 12.9. The molecule has 0 saturated heterocycles. The van der Waals surface area contributed by atoms with Crippen molar-refractivity contribution in [3.8, 4) is 0 Å². The van der Waals surface area contributed by atoms with E-state index in [-0.39, 0.29) is 5.91 Å². The molecule has 1 aliphatic rings. The van der Waals surface area contributed by atoms with Crippen LogP contribution >= 0.6 is 0 Å². The van der Waals surface area contributed by atoms with Gasteiger partial charge >= 0.3 is 5.97 Å². The summed E-state index contributed by atoms with van der Waals surface area (Å²) >= 11 is 0. The number of hydrogen-bond donors (Lipinski definition) is 0. The lowest BCUT2D eigenvalue weighted by atomic mass is 9.99. The van der Waals surface area contributed by atoms with Crippen LogP contribution in [0.5, 0.6) is 0 Å². The predicted octanol–water partition coefficient (Wildman–Crippen LogP) is 3.98. The fraction of sp³-hybridized carbons (Fsp3) is 0.292. The largest absolute Gasteiger partial charge is 0.449 e. The van der Waals surface area contributed by atoms with Gasteiger partial charge in [0.1, 0.15) is 0 Å². The summed E-state index contributed by atoms with van der Waals surface area (Å²) in [5, 5.41) is 0.914. The summed E-state index contributed by atoms with van der Waals surface area (Å²) in [4.78, 5) is 32.1. The molecule has 4 rings (SSSR count). The number of pyridine rings is 1. The molecule has 2 aromatic carbocycles. The summed E-state index contributed by atoms with van der Waals surface area (Å²) in [6.45, 7) is 6.51. The molecule has 29 heavy (non-hydrogen) atoms. The lowest BCUT2D eigenvalue weighted by Gasteiger charge is -2.30. The van der Waals surface area contributed by atoms with Gasteiger partial charge < -0.3 is 9.64 Å². The van der Waals surface area contributed by atoms with Gasteiger partial charge in [-0.15, -0.1) is 0 Å². The third-order valence-corrected chi connectivity index (χ3v) is 5.61. The number of hydrogen-bond acceptors (Lipinski definition) is 4. The van der Waals surface area contributed by atoms with Crippen LogP contribution in [0.15, 0.2) is 48.5 Å². The average molecular weight is 388 g/mol. The van der Waals surface area contributed by atoms with Crippen LogP contribution in [0.3, 0.4) is 0 Å². The van der Waals surface area contributed by atoms with Crippen LogP contribution in [0.25, 0.3) is 10.9 Å². The number of ether oxygens (including phenoxy) is 1. The summed E-state index contributed by atoms with van der Waals surface area (Å²) in [7, 11) is 0. The number of amides is 1. The Morgan fingerprint density at radius 3 is 2.52 bits per heavy atom. The summed E-state index contributed by atoms with van der Waals surface area (Å²) in [6, 6.07) is 15.8. The number of para-hydroxylation sites is 1. The molecule has 3 aromatic rings. The standard InChI is InChI=1S/C24H24N2O3/c1-15-20-10-6-7-11-21(20)25-16(2)22(15)24(28)29-17(3)23(27)26-13-12-18-8-4-5-9-19(18)14-26/h4-11,17H,12-14H2,1-3H3/t17-/m0/s1. The summed E-state index contributed by atoms with van der Waals surface area (Å²) in [5.41, 5.74) is 5.13. The molecule has 0 aliphatic carbocycles. The molecule has 5 heteroatoms. The monoisotopic (exact) mass is 388 g/mol. The average Bonchev–Trinajstić information content (AvgIpc) is 2.72. The van der Waals surface area contributed by atoms with Crippen molar-refractivity contribution >= 4 is 22.8 Å².